The summed E-state index contributed by atoms with van der Waals surface area (Å²) < 4.78 is 16.4. The molecule has 0 aliphatic carbocycles. The van der Waals surface area contributed by atoms with Crippen molar-refractivity contribution in [2.45, 2.75) is 223 Å². The molecule has 0 saturated carbocycles. The summed E-state index contributed by atoms with van der Waals surface area (Å²) >= 11 is 0. The SMILES string of the molecule is CC(C)c1ccc2[nH]ncc2c1.CC(C)c1ccc2c(c1)CCCN2.CC(C)c1ccc2c(c1)CCN2.CC(C)c1ccc2c(c1)CCN2.CC(C)c1ccc2c(c1)OCCN2.CC(C)c1ccc2c(c1)OCN2.CC(C)c1ccc2nc[nH]c2c1.CC(C)c1ccc2ncccc2c1.CC(C)c1cnc2[nH]ncc2c1.CC(C)c1cnc2c(c1)OCCN2. The highest BCUT2D eigenvalue weighted by atomic mass is 16.5. The van der Waals surface area contributed by atoms with Crippen LogP contribution in [0.25, 0.3) is 43.9 Å². The van der Waals surface area contributed by atoms with Crippen molar-refractivity contribution in [3.63, 3.8) is 0 Å². The minimum atomic E-state index is 0.503. The van der Waals surface area contributed by atoms with E-state index in [1.54, 1.807) is 12.5 Å². The Morgan fingerprint density at radius 3 is 1.29 bits per heavy atom. The fraction of sp³-hybridized carbons (Fsp3) is 0.396. The molecule has 6 aliphatic heterocycles. The van der Waals surface area contributed by atoms with E-state index in [-0.39, 0.29) is 0 Å². The molecule has 18 nitrogen and oxygen atoms in total. The largest absolute Gasteiger partial charge is 0.490 e. The van der Waals surface area contributed by atoms with Gasteiger partial charge < -0.3 is 51.1 Å². The molecule has 0 unspecified atom stereocenters. The van der Waals surface area contributed by atoms with Gasteiger partial charge in [0.25, 0.3) is 0 Å². The first-order chi connectivity index (χ1) is 59.7. The number of rotatable bonds is 10. The molecule has 654 valence electrons. The highest BCUT2D eigenvalue weighted by Crippen LogP contribution is 2.36. The highest BCUT2D eigenvalue weighted by molar-refractivity contribution is 5.80. The molecule has 0 spiro atoms. The molecule has 0 saturated heterocycles. The fourth-order valence-corrected chi connectivity index (χ4v) is 14.7. The second-order valence-electron chi connectivity index (χ2n) is 35.8. The van der Waals surface area contributed by atoms with Gasteiger partial charge in [-0.15, -0.1) is 0 Å². The first-order valence-electron chi connectivity index (χ1n) is 45.2. The van der Waals surface area contributed by atoms with Crippen molar-refractivity contribution >= 4 is 78.1 Å². The fourth-order valence-electron chi connectivity index (χ4n) is 14.7. The number of fused-ring (bicyclic) bond motifs is 10. The second-order valence-corrected chi connectivity index (χ2v) is 35.8. The maximum absolute atomic E-state index is 5.55. The molecule has 0 radical (unpaired) electrons. The third-order valence-electron chi connectivity index (χ3n) is 23.0. The molecular formula is C106H137N15O3. The number of hydrogen-bond acceptors (Lipinski definition) is 15. The van der Waals surface area contributed by atoms with E-state index in [4.69, 9.17) is 14.2 Å². The minimum absolute atomic E-state index is 0.503. The van der Waals surface area contributed by atoms with Gasteiger partial charge in [0, 0.05) is 78.0 Å². The van der Waals surface area contributed by atoms with Crippen LogP contribution in [0.15, 0.2) is 207 Å². The van der Waals surface area contributed by atoms with E-state index in [0.717, 1.165) is 113 Å². The number of aryl methyl sites for hydroxylation is 1. The number of H-pyrrole nitrogens is 3. The molecule has 0 bridgehead atoms. The van der Waals surface area contributed by atoms with Gasteiger partial charge in [-0.05, 0) is 254 Å². The first-order valence-corrected chi connectivity index (χ1v) is 45.2. The molecule has 20 rings (SSSR count). The van der Waals surface area contributed by atoms with Crippen LogP contribution in [0.2, 0.25) is 0 Å². The summed E-state index contributed by atoms with van der Waals surface area (Å²) in [5.74, 6) is 9.60. The number of benzene rings is 8. The van der Waals surface area contributed by atoms with Crippen molar-refractivity contribution in [2.75, 3.05) is 84.6 Å². The number of hydrogen-bond donors (Lipinski definition) is 9. The lowest BCUT2D eigenvalue weighted by atomic mass is 9.96. The maximum Gasteiger partial charge on any atom is 0.168 e. The van der Waals surface area contributed by atoms with E-state index in [2.05, 4.69) is 379 Å². The first kappa shape index (κ1) is 92.8. The Labute approximate surface area is 738 Å². The lowest BCUT2D eigenvalue weighted by Gasteiger charge is -2.20. The molecule has 0 fully saturated rings. The molecule has 8 aromatic carbocycles. The summed E-state index contributed by atoms with van der Waals surface area (Å²) in [7, 11) is 0. The Hall–Kier alpha value is -11.9. The van der Waals surface area contributed by atoms with E-state index < -0.39 is 0 Å². The number of anilines is 6. The molecule has 6 aromatic heterocycles. The van der Waals surface area contributed by atoms with E-state index in [9.17, 15) is 0 Å². The Bertz CT molecular complexity index is 5190. The van der Waals surface area contributed by atoms with Crippen molar-refractivity contribution in [3.05, 3.63) is 279 Å². The van der Waals surface area contributed by atoms with Crippen LogP contribution < -0.4 is 46.1 Å². The lowest BCUT2D eigenvalue weighted by Crippen LogP contribution is -2.19. The van der Waals surface area contributed by atoms with Gasteiger partial charge >= 0.3 is 0 Å². The summed E-state index contributed by atoms with van der Waals surface area (Å²) in [6.07, 6.45) is 15.9. The Morgan fingerprint density at radius 1 is 0.290 bits per heavy atom. The van der Waals surface area contributed by atoms with Crippen molar-refractivity contribution in [3.8, 4) is 17.2 Å². The third-order valence-corrected chi connectivity index (χ3v) is 23.0. The van der Waals surface area contributed by atoms with E-state index in [0.29, 0.717) is 65.9 Å². The predicted octanol–water partition coefficient (Wildman–Crippen LogP) is 26.7. The van der Waals surface area contributed by atoms with Crippen molar-refractivity contribution in [1.82, 2.24) is 45.3 Å². The topological polar surface area (TPSA) is 225 Å². The second kappa shape index (κ2) is 45.5. The van der Waals surface area contributed by atoms with Crippen LogP contribution in [-0.4, -0.2) is 98.0 Å². The lowest BCUT2D eigenvalue weighted by molar-refractivity contribution is 0.321. The zero-order valence-corrected chi connectivity index (χ0v) is 77.3. The van der Waals surface area contributed by atoms with Gasteiger partial charge in [-0.2, -0.15) is 10.2 Å². The Balaban J connectivity index is 0.000000134. The molecule has 9 N–H and O–H groups in total. The van der Waals surface area contributed by atoms with Gasteiger partial charge in [-0.3, -0.25) is 15.2 Å². The van der Waals surface area contributed by atoms with Gasteiger partial charge in [0.15, 0.2) is 23.9 Å². The molecule has 18 heteroatoms. The highest BCUT2D eigenvalue weighted by Gasteiger charge is 2.18. The van der Waals surface area contributed by atoms with Gasteiger partial charge in [-0.1, -0.05) is 211 Å². The number of nitrogens with one attached hydrogen (secondary N) is 9. The van der Waals surface area contributed by atoms with Crippen molar-refractivity contribution in [2.24, 2.45) is 0 Å². The number of ether oxygens (including phenoxy) is 3. The van der Waals surface area contributed by atoms with Crippen LogP contribution in [0.1, 0.15) is 276 Å². The molecule has 0 amide bonds. The predicted molar refractivity (Wildman–Crippen MR) is 523 cm³/mol. The molecule has 12 heterocycles. The smallest absolute Gasteiger partial charge is 0.168 e. The van der Waals surface area contributed by atoms with Crippen LogP contribution in [0, 0.1) is 0 Å². The molecule has 0 atom stereocenters. The summed E-state index contributed by atoms with van der Waals surface area (Å²) in [6, 6.07) is 60.6. The van der Waals surface area contributed by atoms with Crippen LogP contribution in [0.3, 0.4) is 0 Å². The van der Waals surface area contributed by atoms with E-state index >= 15 is 0 Å². The van der Waals surface area contributed by atoms with Crippen LogP contribution in [0.4, 0.5) is 34.3 Å². The Kier molecular flexibility index (Phi) is 34.0. The zero-order valence-electron chi connectivity index (χ0n) is 77.3. The molecule has 6 aliphatic rings. The number of nitrogens with zero attached hydrogens (tertiary/aromatic N) is 6. The van der Waals surface area contributed by atoms with Gasteiger partial charge in [0.2, 0.25) is 0 Å². The minimum Gasteiger partial charge on any atom is -0.490 e. The van der Waals surface area contributed by atoms with Crippen LogP contribution >= 0.6 is 0 Å². The summed E-state index contributed by atoms with van der Waals surface area (Å²) in [5.41, 5.74) is 29.5. The number of aromatic nitrogens is 9. The maximum atomic E-state index is 5.55. The standard InChI is InChI=1S/C12H17N.C12H13N.C11H15NO.2C11H15N.C10H14N2O.2C10H12N2.C10H13NO.C9H11N3/c2*1-9(2)10-5-6-12-11(8-10)4-3-7-13-12;1-8(2)9-3-4-10-11(7-9)13-6-5-12-10;2*1-8(2)9-3-4-11-10(7-9)5-6-12-11;1-7(2)8-5-9-10(12-6-8)11-3-4-13-9;1-7(2)8-3-4-10-9(5-8)6-11-12-10;2*1-7(2)8-3-4-9-10(5-8)12-6-11-9;1-6(2)7-3-8-5-11-12-9(8)10-4-7/h5-6,8-9,13H,3-4,7H2,1-2H3;3-9H,1-2H3;3-4,7-8,12H,5-6H2,1-2H3;2*3-4,7-8,12H,5-6H2,1-2H3;5-7H,3-4H2,1-2H3,(H,11,12);2*3-7H,1-2H3,(H,11,12);3-5,7,11H,6H2,1-2H3;3-6H,1-2H3,(H,10,11,12). The quantitative estimate of drug-likeness (QED) is 0.0621. The number of aromatic amines is 3. The summed E-state index contributed by atoms with van der Waals surface area (Å²) in [5, 5.41) is 37.0. The number of imidazole rings is 1. The zero-order chi connectivity index (χ0) is 88.3. The average Bonchev–Trinajstić information content (AvgIpc) is 1.59. The van der Waals surface area contributed by atoms with Gasteiger partial charge in [0.05, 0.1) is 58.7 Å². The molecular weight excluding hydrogens is 1530 g/mol. The average molecular weight is 1670 g/mol. The van der Waals surface area contributed by atoms with Gasteiger partial charge in [-0.25, -0.2) is 15.0 Å². The summed E-state index contributed by atoms with van der Waals surface area (Å²) in [4.78, 5) is 20.1. The van der Waals surface area contributed by atoms with E-state index in [1.165, 1.54) is 126 Å². The number of pyridine rings is 3. The third kappa shape index (κ3) is 26.6. The summed E-state index contributed by atoms with van der Waals surface area (Å²) in [6.45, 7) is 51.2. The van der Waals surface area contributed by atoms with Crippen LogP contribution in [-0.2, 0) is 19.3 Å². The van der Waals surface area contributed by atoms with Gasteiger partial charge in [0.1, 0.15) is 24.7 Å². The normalized spacial score (nSPS) is 13.3. The van der Waals surface area contributed by atoms with E-state index in [1.807, 2.05) is 30.9 Å². The van der Waals surface area contributed by atoms with Crippen molar-refractivity contribution in [1.29, 1.82) is 0 Å². The molecule has 14 aromatic rings. The molecule has 124 heavy (non-hydrogen) atoms. The van der Waals surface area contributed by atoms with Crippen LogP contribution in [0.5, 0.6) is 17.2 Å². The van der Waals surface area contributed by atoms with Crippen molar-refractivity contribution < 1.29 is 14.2 Å². The Morgan fingerprint density at radius 2 is 0.710 bits per heavy atom. The monoisotopic (exact) mass is 1670 g/mol.